The second-order valence-corrected chi connectivity index (χ2v) is 1.74. The molecule has 1 rings (SSSR count). The van der Waals surface area contributed by atoms with E-state index in [0.717, 1.165) is 13.1 Å². The van der Waals surface area contributed by atoms with E-state index in [1.54, 1.807) is 0 Å². The molecule has 0 atom stereocenters. The highest BCUT2D eigenvalue weighted by Gasteiger charge is 2.03. The first-order chi connectivity index (χ1) is 2.89. The van der Waals surface area contributed by atoms with Gasteiger partial charge in [-0.05, 0) is 12.8 Å². The normalized spacial score (nSPS) is 21.9. The maximum atomic E-state index is 5.37. The van der Waals surface area contributed by atoms with E-state index >= 15 is 0 Å². The molecule has 44 valence electrons. The van der Waals surface area contributed by atoms with E-state index in [1.165, 1.54) is 12.8 Å². The zero-order valence-electron chi connectivity index (χ0n) is 4.35. The van der Waals surface area contributed by atoms with Gasteiger partial charge < -0.3 is 5.48 Å². The number of nitrogens with two attached hydrogens (primary N) is 1. The summed E-state index contributed by atoms with van der Waals surface area (Å²) in [5.74, 6) is 5.37. The van der Waals surface area contributed by atoms with E-state index in [9.17, 15) is 0 Å². The fourth-order valence-corrected chi connectivity index (χ4v) is 0.742. The lowest BCUT2D eigenvalue weighted by Gasteiger charge is -2.01. The van der Waals surface area contributed by atoms with Crippen molar-refractivity contribution < 1.29 is 5.48 Å². The summed E-state index contributed by atoms with van der Waals surface area (Å²) in [6, 6.07) is 0. The van der Waals surface area contributed by atoms with Crippen molar-refractivity contribution in [3.63, 3.8) is 0 Å². The molecule has 0 aromatic rings. The minimum absolute atomic E-state index is 0. The molecular formula is C4H12N2O. The first-order valence-electron chi connectivity index (χ1n) is 2.39. The summed E-state index contributed by atoms with van der Waals surface area (Å²) in [7, 11) is 0. The molecule has 1 saturated heterocycles. The number of rotatable bonds is 0. The van der Waals surface area contributed by atoms with Crippen molar-refractivity contribution in [2.45, 2.75) is 12.8 Å². The van der Waals surface area contributed by atoms with E-state index < -0.39 is 0 Å². The minimum Gasteiger partial charge on any atom is -0.412 e. The fraction of sp³-hybridized carbons (Fsp3) is 1.00. The lowest BCUT2D eigenvalue weighted by Crippen LogP contribution is -2.26. The Balaban J connectivity index is 0.000000360. The SMILES string of the molecule is NN1CCCC1.O. The van der Waals surface area contributed by atoms with Crippen molar-refractivity contribution in [3.05, 3.63) is 0 Å². The van der Waals surface area contributed by atoms with Crippen LogP contribution < -0.4 is 5.84 Å². The Kier molecular flexibility index (Phi) is 2.91. The van der Waals surface area contributed by atoms with E-state index in [2.05, 4.69) is 0 Å². The van der Waals surface area contributed by atoms with Gasteiger partial charge in [0.15, 0.2) is 0 Å². The summed E-state index contributed by atoms with van der Waals surface area (Å²) in [6.07, 6.45) is 2.58. The summed E-state index contributed by atoms with van der Waals surface area (Å²) in [6.45, 7) is 2.19. The summed E-state index contributed by atoms with van der Waals surface area (Å²) >= 11 is 0. The van der Waals surface area contributed by atoms with Crippen molar-refractivity contribution in [2.75, 3.05) is 13.1 Å². The third-order valence-corrected chi connectivity index (χ3v) is 1.14. The molecule has 0 spiro atoms. The Morgan fingerprint density at radius 1 is 1.14 bits per heavy atom. The lowest BCUT2D eigenvalue weighted by atomic mass is 10.4. The quantitative estimate of drug-likeness (QED) is 0.406. The van der Waals surface area contributed by atoms with Crippen molar-refractivity contribution in [1.29, 1.82) is 0 Å². The fourth-order valence-electron chi connectivity index (χ4n) is 0.742. The van der Waals surface area contributed by atoms with Crippen LogP contribution in [0.4, 0.5) is 0 Å². The highest BCUT2D eigenvalue weighted by molar-refractivity contribution is 4.57. The summed E-state index contributed by atoms with van der Waals surface area (Å²) in [5, 5.41) is 1.86. The molecule has 1 aliphatic heterocycles. The van der Waals surface area contributed by atoms with Crippen molar-refractivity contribution in [1.82, 2.24) is 5.01 Å². The minimum atomic E-state index is 0. The van der Waals surface area contributed by atoms with E-state index in [-0.39, 0.29) is 5.48 Å². The summed E-state index contributed by atoms with van der Waals surface area (Å²) < 4.78 is 0. The first kappa shape index (κ1) is 6.88. The molecule has 1 aliphatic rings. The van der Waals surface area contributed by atoms with Crippen LogP contribution in [0.5, 0.6) is 0 Å². The maximum absolute atomic E-state index is 5.37. The second kappa shape index (κ2) is 2.96. The number of hydrogen-bond acceptors (Lipinski definition) is 2. The molecule has 3 nitrogen and oxygen atoms in total. The molecule has 4 N–H and O–H groups in total. The smallest absolute Gasteiger partial charge is 0.0129 e. The topological polar surface area (TPSA) is 60.8 Å². The zero-order chi connectivity index (χ0) is 4.41. The van der Waals surface area contributed by atoms with Gasteiger partial charge in [-0.25, -0.2) is 5.01 Å². The van der Waals surface area contributed by atoms with Crippen LogP contribution in [0.25, 0.3) is 0 Å². The van der Waals surface area contributed by atoms with Crippen LogP contribution >= 0.6 is 0 Å². The highest BCUT2D eigenvalue weighted by atomic mass is 16.0. The second-order valence-electron chi connectivity index (χ2n) is 1.74. The summed E-state index contributed by atoms with van der Waals surface area (Å²) in [4.78, 5) is 0. The molecule has 1 heterocycles. The Labute approximate surface area is 43.4 Å². The van der Waals surface area contributed by atoms with Crippen LogP contribution in [0.15, 0.2) is 0 Å². The molecule has 0 aromatic heterocycles. The van der Waals surface area contributed by atoms with Gasteiger partial charge in [0.1, 0.15) is 0 Å². The average Bonchev–Trinajstić information content (AvgIpc) is 1.86. The molecule has 1 fully saturated rings. The highest BCUT2D eigenvalue weighted by Crippen LogP contribution is 1.99. The van der Waals surface area contributed by atoms with E-state index in [1.807, 2.05) is 5.01 Å². The molecule has 0 radical (unpaired) electrons. The monoisotopic (exact) mass is 104 g/mol. The standard InChI is InChI=1S/C4H10N2.H2O/c5-6-3-1-2-4-6;/h1-5H2;1H2. The van der Waals surface area contributed by atoms with E-state index in [0.29, 0.717) is 0 Å². The van der Waals surface area contributed by atoms with Crippen LogP contribution in [0.3, 0.4) is 0 Å². The van der Waals surface area contributed by atoms with Gasteiger partial charge in [-0.1, -0.05) is 0 Å². The van der Waals surface area contributed by atoms with Gasteiger partial charge in [0, 0.05) is 13.1 Å². The molecule has 3 heteroatoms. The van der Waals surface area contributed by atoms with Crippen LogP contribution in [-0.4, -0.2) is 23.6 Å². The zero-order valence-corrected chi connectivity index (χ0v) is 4.35. The average molecular weight is 104 g/mol. The molecular weight excluding hydrogens is 92.1 g/mol. The Morgan fingerprint density at radius 2 is 1.57 bits per heavy atom. The Hall–Kier alpha value is -0.120. The third-order valence-electron chi connectivity index (χ3n) is 1.14. The van der Waals surface area contributed by atoms with Crippen molar-refractivity contribution in [2.24, 2.45) is 5.84 Å². The van der Waals surface area contributed by atoms with Crippen LogP contribution in [-0.2, 0) is 0 Å². The van der Waals surface area contributed by atoms with Crippen LogP contribution in [0.1, 0.15) is 12.8 Å². The van der Waals surface area contributed by atoms with Crippen molar-refractivity contribution in [3.8, 4) is 0 Å². The van der Waals surface area contributed by atoms with Gasteiger partial charge in [-0.2, -0.15) is 0 Å². The molecule has 0 saturated carbocycles. The molecule has 7 heavy (non-hydrogen) atoms. The van der Waals surface area contributed by atoms with Crippen LogP contribution in [0, 0.1) is 0 Å². The lowest BCUT2D eigenvalue weighted by molar-refractivity contribution is 0.355. The number of hydrazine groups is 1. The summed E-state index contributed by atoms with van der Waals surface area (Å²) in [5.41, 5.74) is 0. The number of hydrogen-bond donors (Lipinski definition) is 1. The molecule has 0 bridgehead atoms. The third kappa shape index (κ3) is 1.87. The predicted octanol–water partition coefficient (Wildman–Crippen LogP) is -0.869. The van der Waals surface area contributed by atoms with Gasteiger partial charge in [0.25, 0.3) is 0 Å². The largest absolute Gasteiger partial charge is 0.412 e. The van der Waals surface area contributed by atoms with Gasteiger partial charge in [-0.15, -0.1) is 0 Å². The Morgan fingerprint density at radius 3 is 1.71 bits per heavy atom. The molecule has 0 aliphatic carbocycles. The van der Waals surface area contributed by atoms with Gasteiger partial charge in [-0.3, -0.25) is 5.84 Å². The molecule has 0 unspecified atom stereocenters. The van der Waals surface area contributed by atoms with E-state index in [4.69, 9.17) is 5.84 Å². The van der Waals surface area contributed by atoms with Gasteiger partial charge in [0.05, 0.1) is 0 Å². The van der Waals surface area contributed by atoms with Gasteiger partial charge in [0.2, 0.25) is 0 Å². The molecule has 0 aromatic carbocycles. The van der Waals surface area contributed by atoms with Crippen molar-refractivity contribution >= 4 is 0 Å². The number of nitrogens with zero attached hydrogens (tertiary/aromatic N) is 1. The maximum Gasteiger partial charge on any atom is 0.0129 e. The molecule has 0 amide bonds. The first-order valence-corrected chi connectivity index (χ1v) is 2.39. The Bertz CT molecular complexity index is 43.0. The van der Waals surface area contributed by atoms with Crippen LogP contribution in [0.2, 0.25) is 0 Å². The van der Waals surface area contributed by atoms with Gasteiger partial charge >= 0.3 is 0 Å². The predicted molar refractivity (Wildman–Crippen MR) is 28.6 cm³/mol.